The van der Waals surface area contributed by atoms with Crippen molar-refractivity contribution in [2.24, 2.45) is 0 Å². The number of benzene rings is 1. The Balaban J connectivity index is 1.56. The lowest BCUT2D eigenvalue weighted by Gasteiger charge is -2.35. The number of aromatic nitrogens is 3. The van der Waals surface area contributed by atoms with Gasteiger partial charge in [0.2, 0.25) is 0 Å². The zero-order chi connectivity index (χ0) is 17.8. The van der Waals surface area contributed by atoms with E-state index in [0.29, 0.717) is 25.5 Å². The van der Waals surface area contributed by atoms with Crippen LogP contribution in [0.4, 0.5) is 0 Å². The number of aryl methyl sites for hydroxylation is 1. The van der Waals surface area contributed by atoms with Crippen LogP contribution in [0.1, 0.15) is 22.6 Å². The molecule has 0 aliphatic carbocycles. The second kappa shape index (κ2) is 7.58. The first kappa shape index (κ1) is 16.6. The van der Waals surface area contributed by atoms with Gasteiger partial charge in [-0.2, -0.15) is 0 Å². The van der Waals surface area contributed by atoms with Gasteiger partial charge in [0, 0.05) is 36.7 Å². The quantitative estimate of drug-likeness (QED) is 0.725. The Hall–Kier alpha value is -2.86. The number of carbonyl (C=O) groups excluding carboxylic acids is 1. The van der Waals surface area contributed by atoms with Gasteiger partial charge in [0.05, 0.1) is 24.9 Å². The van der Waals surface area contributed by atoms with Gasteiger partial charge in [-0.05, 0) is 24.3 Å². The average molecular weight is 348 g/mol. The van der Waals surface area contributed by atoms with E-state index in [1.807, 2.05) is 35.2 Å². The van der Waals surface area contributed by atoms with Crippen LogP contribution in [0, 0.1) is 0 Å². The number of pyridine rings is 1. The molecule has 0 bridgehead atoms. The van der Waals surface area contributed by atoms with Gasteiger partial charge in [-0.1, -0.05) is 24.3 Å². The molecule has 1 fully saturated rings. The molecule has 2 aromatic heterocycles. The smallest absolute Gasteiger partial charge is 0.273 e. The third-order valence-electron chi connectivity index (χ3n) is 4.71. The van der Waals surface area contributed by atoms with E-state index in [-0.39, 0.29) is 11.9 Å². The number of rotatable bonds is 4. The van der Waals surface area contributed by atoms with Crippen LogP contribution < -0.4 is 0 Å². The molecular formula is C20H20N4O2. The lowest BCUT2D eigenvalue weighted by Crippen LogP contribution is -2.49. The van der Waals surface area contributed by atoms with E-state index in [1.54, 1.807) is 24.8 Å². The number of amides is 1. The van der Waals surface area contributed by atoms with Crippen molar-refractivity contribution in [1.82, 2.24) is 19.9 Å². The van der Waals surface area contributed by atoms with Crippen LogP contribution in [-0.2, 0) is 11.2 Å². The Morgan fingerprint density at radius 2 is 2.08 bits per heavy atom. The summed E-state index contributed by atoms with van der Waals surface area (Å²) in [4.78, 5) is 27.9. The number of morpholine rings is 1. The van der Waals surface area contributed by atoms with Crippen molar-refractivity contribution in [2.75, 3.05) is 19.8 Å². The molecule has 1 amide bonds. The summed E-state index contributed by atoms with van der Waals surface area (Å²) >= 11 is 0. The summed E-state index contributed by atoms with van der Waals surface area (Å²) in [5.41, 5.74) is 1.43. The monoisotopic (exact) mass is 348 g/mol. The molecule has 4 rings (SSSR count). The highest BCUT2D eigenvalue weighted by molar-refractivity contribution is 6.05. The van der Waals surface area contributed by atoms with Crippen molar-refractivity contribution >= 4 is 16.7 Å². The summed E-state index contributed by atoms with van der Waals surface area (Å²) in [6.07, 6.45) is 8.36. The third-order valence-corrected chi connectivity index (χ3v) is 4.71. The first-order valence-electron chi connectivity index (χ1n) is 8.80. The molecule has 1 aliphatic rings. The van der Waals surface area contributed by atoms with Gasteiger partial charge in [0.25, 0.3) is 5.91 Å². The second-order valence-electron chi connectivity index (χ2n) is 6.34. The fourth-order valence-corrected chi connectivity index (χ4v) is 3.36. The second-order valence-corrected chi connectivity index (χ2v) is 6.34. The minimum atomic E-state index is -0.0331. The van der Waals surface area contributed by atoms with Crippen LogP contribution in [-0.4, -0.2) is 51.6 Å². The van der Waals surface area contributed by atoms with Crippen molar-refractivity contribution in [3.8, 4) is 0 Å². The molecule has 3 aromatic rings. The zero-order valence-corrected chi connectivity index (χ0v) is 14.4. The van der Waals surface area contributed by atoms with Gasteiger partial charge in [-0.25, -0.2) is 0 Å². The summed E-state index contributed by atoms with van der Waals surface area (Å²) in [6, 6.07) is 9.79. The summed E-state index contributed by atoms with van der Waals surface area (Å²) in [7, 11) is 0. The minimum absolute atomic E-state index is 0.0130. The Morgan fingerprint density at radius 1 is 1.15 bits per heavy atom. The lowest BCUT2D eigenvalue weighted by molar-refractivity contribution is -0.00432. The number of nitrogens with zero attached hydrogens (tertiary/aromatic N) is 4. The van der Waals surface area contributed by atoms with E-state index in [2.05, 4.69) is 15.0 Å². The normalized spacial score (nSPS) is 17.4. The minimum Gasteiger partial charge on any atom is -0.377 e. The number of carbonyl (C=O) groups is 1. The fourth-order valence-electron chi connectivity index (χ4n) is 3.36. The van der Waals surface area contributed by atoms with Crippen LogP contribution in [0.3, 0.4) is 0 Å². The molecule has 1 aromatic carbocycles. The van der Waals surface area contributed by atoms with Crippen LogP contribution in [0.2, 0.25) is 0 Å². The summed E-state index contributed by atoms with van der Waals surface area (Å²) < 4.78 is 5.62. The molecular weight excluding hydrogens is 328 g/mol. The van der Waals surface area contributed by atoms with Gasteiger partial charge in [-0.3, -0.25) is 19.7 Å². The van der Waals surface area contributed by atoms with Gasteiger partial charge in [0.1, 0.15) is 5.69 Å². The van der Waals surface area contributed by atoms with Crippen molar-refractivity contribution in [3.63, 3.8) is 0 Å². The first-order valence-corrected chi connectivity index (χ1v) is 8.80. The van der Waals surface area contributed by atoms with Crippen molar-refractivity contribution < 1.29 is 9.53 Å². The Bertz CT molecular complexity index is 895. The molecule has 0 radical (unpaired) electrons. The molecule has 0 saturated carbocycles. The number of fused-ring (bicyclic) bond motifs is 1. The molecule has 132 valence electrons. The molecule has 3 heterocycles. The SMILES string of the molecule is O=C(c1nccc2ccccc12)N1CCOC[C@@H]1CCc1cnccn1. The number of ether oxygens (including phenoxy) is 1. The largest absolute Gasteiger partial charge is 0.377 e. The molecule has 0 spiro atoms. The zero-order valence-electron chi connectivity index (χ0n) is 14.4. The standard InChI is InChI=1S/C20H20N4O2/c25-20(19-18-4-2-1-3-15(18)7-8-23-19)24-11-12-26-14-17(24)6-5-16-13-21-9-10-22-16/h1-4,7-10,13,17H,5-6,11-12,14H2/t17-/m0/s1. The average Bonchev–Trinajstić information content (AvgIpc) is 2.72. The van der Waals surface area contributed by atoms with Gasteiger partial charge >= 0.3 is 0 Å². The van der Waals surface area contributed by atoms with Crippen LogP contribution in [0.5, 0.6) is 0 Å². The van der Waals surface area contributed by atoms with Crippen molar-refractivity contribution in [2.45, 2.75) is 18.9 Å². The molecule has 0 unspecified atom stereocenters. The maximum absolute atomic E-state index is 13.2. The molecule has 1 saturated heterocycles. The highest BCUT2D eigenvalue weighted by Gasteiger charge is 2.29. The fraction of sp³-hybridized carbons (Fsp3) is 0.300. The highest BCUT2D eigenvalue weighted by Crippen LogP contribution is 2.21. The van der Waals surface area contributed by atoms with Gasteiger partial charge < -0.3 is 9.64 Å². The van der Waals surface area contributed by atoms with Crippen molar-refractivity contribution in [3.05, 3.63) is 66.5 Å². The molecule has 26 heavy (non-hydrogen) atoms. The molecule has 6 nitrogen and oxygen atoms in total. The van der Waals surface area contributed by atoms with E-state index in [0.717, 1.165) is 29.3 Å². The van der Waals surface area contributed by atoms with E-state index in [1.165, 1.54) is 0 Å². The maximum Gasteiger partial charge on any atom is 0.273 e. The topological polar surface area (TPSA) is 68.2 Å². The van der Waals surface area contributed by atoms with E-state index >= 15 is 0 Å². The number of hydrogen-bond acceptors (Lipinski definition) is 5. The van der Waals surface area contributed by atoms with Gasteiger partial charge in [-0.15, -0.1) is 0 Å². The third kappa shape index (κ3) is 3.41. The summed E-state index contributed by atoms with van der Waals surface area (Å²) in [5.74, 6) is -0.0331. The van der Waals surface area contributed by atoms with E-state index < -0.39 is 0 Å². The molecule has 6 heteroatoms. The molecule has 1 aliphatic heterocycles. The van der Waals surface area contributed by atoms with E-state index in [9.17, 15) is 4.79 Å². The molecule has 1 atom stereocenters. The van der Waals surface area contributed by atoms with Crippen LogP contribution >= 0.6 is 0 Å². The first-order chi connectivity index (χ1) is 12.8. The van der Waals surface area contributed by atoms with Crippen LogP contribution in [0.25, 0.3) is 10.8 Å². The van der Waals surface area contributed by atoms with Crippen LogP contribution in [0.15, 0.2) is 55.1 Å². The summed E-state index contributed by atoms with van der Waals surface area (Å²) in [5, 5.41) is 1.91. The molecule has 0 N–H and O–H groups in total. The Labute approximate surface area is 151 Å². The predicted octanol–water partition coefficient (Wildman–Crippen LogP) is 2.50. The Kier molecular flexibility index (Phi) is 4.84. The maximum atomic E-state index is 13.2. The predicted molar refractivity (Wildman–Crippen MR) is 97.7 cm³/mol. The van der Waals surface area contributed by atoms with Gasteiger partial charge in [0.15, 0.2) is 0 Å². The summed E-state index contributed by atoms with van der Waals surface area (Å²) in [6.45, 7) is 1.67. The van der Waals surface area contributed by atoms with Crippen molar-refractivity contribution in [1.29, 1.82) is 0 Å². The lowest BCUT2D eigenvalue weighted by atomic mass is 10.0. The Morgan fingerprint density at radius 3 is 2.96 bits per heavy atom. The number of hydrogen-bond donors (Lipinski definition) is 0. The highest BCUT2D eigenvalue weighted by atomic mass is 16.5. The van der Waals surface area contributed by atoms with E-state index in [4.69, 9.17) is 4.74 Å².